The molecule has 68 valence electrons. The highest BCUT2D eigenvalue weighted by molar-refractivity contribution is 7.09. The minimum atomic E-state index is 0.679. The van der Waals surface area contributed by atoms with Crippen molar-refractivity contribution in [3.05, 3.63) is 40.2 Å². The van der Waals surface area contributed by atoms with Crippen molar-refractivity contribution in [2.24, 2.45) is 0 Å². The number of hydrogen-bond acceptors (Lipinski definition) is 3. The summed E-state index contributed by atoms with van der Waals surface area (Å²) in [6.07, 6.45) is 0. The van der Waals surface area contributed by atoms with Gasteiger partial charge in [-0.3, -0.25) is 0 Å². The van der Waals surface area contributed by atoms with E-state index in [-0.39, 0.29) is 0 Å². The van der Waals surface area contributed by atoms with Crippen molar-refractivity contribution >= 4 is 11.3 Å². The standard InChI is InChI=1S/C11H8N2S/c1-8-13-11(7-14-8)10-5-3-2-4-9(10)6-12/h2-5,7H,1H3. The lowest BCUT2D eigenvalue weighted by Gasteiger charge is -1.97. The smallest absolute Gasteiger partial charge is 0.0998 e. The highest BCUT2D eigenvalue weighted by atomic mass is 32.1. The molecule has 0 aliphatic rings. The number of benzene rings is 1. The zero-order chi connectivity index (χ0) is 9.97. The number of aromatic nitrogens is 1. The predicted molar refractivity (Wildman–Crippen MR) is 57.0 cm³/mol. The van der Waals surface area contributed by atoms with E-state index in [1.54, 1.807) is 11.3 Å². The summed E-state index contributed by atoms with van der Waals surface area (Å²) in [6.45, 7) is 1.96. The molecule has 1 aromatic heterocycles. The lowest BCUT2D eigenvalue weighted by molar-refractivity contribution is 1.29. The Morgan fingerprint density at radius 2 is 2.14 bits per heavy atom. The van der Waals surface area contributed by atoms with E-state index >= 15 is 0 Å². The zero-order valence-corrected chi connectivity index (χ0v) is 8.51. The van der Waals surface area contributed by atoms with Crippen molar-refractivity contribution in [2.45, 2.75) is 6.92 Å². The van der Waals surface area contributed by atoms with Gasteiger partial charge >= 0.3 is 0 Å². The number of nitrogens with zero attached hydrogens (tertiary/aromatic N) is 2. The van der Waals surface area contributed by atoms with Crippen molar-refractivity contribution in [1.29, 1.82) is 5.26 Å². The second-order valence-corrected chi connectivity index (χ2v) is 3.97. The molecule has 0 saturated carbocycles. The zero-order valence-electron chi connectivity index (χ0n) is 7.69. The Morgan fingerprint density at radius 3 is 2.79 bits per heavy atom. The maximum absolute atomic E-state index is 8.91. The fraction of sp³-hybridized carbons (Fsp3) is 0.0909. The quantitative estimate of drug-likeness (QED) is 0.709. The first-order chi connectivity index (χ1) is 6.81. The second-order valence-electron chi connectivity index (χ2n) is 2.91. The van der Waals surface area contributed by atoms with Crippen LogP contribution in [0.5, 0.6) is 0 Å². The van der Waals surface area contributed by atoms with E-state index in [9.17, 15) is 0 Å². The first-order valence-corrected chi connectivity index (χ1v) is 5.11. The third kappa shape index (κ3) is 1.52. The summed E-state index contributed by atoms with van der Waals surface area (Å²) in [5.41, 5.74) is 2.49. The van der Waals surface area contributed by atoms with E-state index in [1.807, 2.05) is 36.6 Å². The molecule has 0 aliphatic heterocycles. The molecule has 0 radical (unpaired) electrons. The van der Waals surface area contributed by atoms with Crippen LogP contribution in [-0.4, -0.2) is 4.98 Å². The Morgan fingerprint density at radius 1 is 1.36 bits per heavy atom. The molecule has 0 spiro atoms. The number of thiazole rings is 1. The average molecular weight is 200 g/mol. The molecule has 1 heterocycles. The summed E-state index contributed by atoms with van der Waals surface area (Å²) in [5, 5.41) is 11.9. The maximum Gasteiger partial charge on any atom is 0.0998 e. The van der Waals surface area contributed by atoms with E-state index in [4.69, 9.17) is 5.26 Å². The molecule has 2 nitrogen and oxygen atoms in total. The molecule has 2 rings (SSSR count). The van der Waals surface area contributed by atoms with Gasteiger partial charge in [0.05, 0.1) is 22.3 Å². The molecule has 0 atom stereocenters. The minimum Gasteiger partial charge on any atom is -0.241 e. The van der Waals surface area contributed by atoms with Gasteiger partial charge in [0.15, 0.2) is 0 Å². The van der Waals surface area contributed by atoms with Crippen LogP contribution in [0.1, 0.15) is 10.6 Å². The molecule has 0 fully saturated rings. The Hall–Kier alpha value is -1.66. The Labute approximate surface area is 86.5 Å². The van der Waals surface area contributed by atoms with Crippen molar-refractivity contribution in [2.75, 3.05) is 0 Å². The topological polar surface area (TPSA) is 36.7 Å². The normalized spacial score (nSPS) is 9.71. The van der Waals surface area contributed by atoms with Crippen molar-refractivity contribution in [1.82, 2.24) is 4.98 Å². The van der Waals surface area contributed by atoms with Crippen molar-refractivity contribution in [3.63, 3.8) is 0 Å². The summed E-state index contributed by atoms with van der Waals surface area (Å²) in [4.78, 5) is 4.36. The number of rotatable bonds is 1. The summed E-state index contributed by atoms with van der Waals surface area (Å²) < 4.78 is 0. The summed E-state index contributed by atoms with van der Waals surface area (Å²) in [6, 6.07) is 9.68. The van der Waals surface area contributed by atoms with Gasteiger partial charge in [0.25, 0.3) is 0 Å². The number of hydrogen-bond donors (Lipinski definition) is 0. The van der Waals surface area contributed by atoms with Crippen molar-refractivity contribution < 1.29 is 0 Å². The molecule has 0 aliphatic carbocycles. The molecular weight excluding hydrogens is 192 g/mol. The van der Waals surface area contributed by atoms with Gasteiger partial charge in [0.1, 0.15) is 0 Å². The molecule has 0 unspecified atom stereocenters. The molecule has 0 amide bonds. The molecular formula is C11H8N2S. The van der Waals surface area contributed by atoms with Crippen LogP contribution >= 0.6 is 11.3 Å². The summed E-state index contributed by atoms with van der Waals surface area (Å²) in [5.74, 6) is 0. The monoisotopic (exact) mass is 200 g/mol. The van der Waals surface area contributed by atoms with Crippen LogP contribution in [0.4, 0.5) is 0 Å². The summed E-state index contributed by atoms with van der Waals surface area (Å²) in [7, 11) is 0. The highest BCUT2D eigenvalue weighted by Crippen LogP contribution is 2.24. The lowest BCUT2D eigenvalue weighted by Crippen LogP contribution is -1.83. The molecule has 2 aromatic rings. The third-order valence-electron chi connectivity index (χ3n) is 1.94. The van der Waals surface area contributed by atoms with Crippen molar-refractivity contribution in [3.8, 4) is 17.3 Å². The van der Waals surface area contributed by atoms with Crippen LogP contribution in [0.2, 0.25) is 0 Å². The molecule has 14 heavy (non-hydrogen) atoms. The molecule has 0 saturated heterocycles. The Bertz CT molecular complexity index is 494. The SMILES string of the molecule is Cc1nc(-c2ccccc2C#N)cs1. The van der Waals surface area contributed by atoms with E-state index in [0.29, 0.717) is 5.56 Å². The van der Waals surface area contributed by atoms with Gasteiger partial charge in [-0.25, -0.2) is 4.98 Å². The van der Waals surface area contributed by atoms with E-state index in [2.05, 4.69) is 11.1 Å². The van der Waals surface area contributed by atoms with Crippen LogP contribution in [0.15, 0.2) is 29.6 Å². The largest absolute Gasteiger partial charge is 0.241 e. The van der Waals surface area contributed by atoms with Crippen LogP contribution in [0.25, 0.3) is 11.3 Å². The van der Waals surface area contributed by atoms with Gasteiger partial charge in [-0.15, -0.1) is 11.3 Å². The average Bonchev–Trinajstić information content (AvgIpc) is 2.65. The highest BCUT2D eigenvalue weighted by Gasteiger charge is 2.06. The first-order valence-electron chi connectivity index (χ1n) is 4.23. The van der Waals surface area contributed by atoms with Crippen LogP contribution in [0.3, 0.4) is 0 Å². The lowest BCUT2D eigenvalue weighted by atomic mass is 10.1. The van der Waals surface area contributed by atoms with Gasteiger partial charge in [-0.05, 0) is 13.0 Å². The number of aryl methyl sites for hydroxylation is 1. The van der Waals surface area contributed by atoms with Crippen LogP contribution < -0.4 is 0 Å². The second kappa shape index (κ2) is 3.60. The van der Waals surface area contributed by atoms with E-state index < -0.39 is 0 Å². The van der Waals surface area contributed by atoms with Crippen LogP contribution in [-0.2, 0) is 0 Å². The van der Waals surface area contributed by atoms with Gasteiger partial charge in [0.2, 0.25) is 0 Å². The minimum absolute atomic E-state index is 0.679. The fourth-order valence-electron chi connectivity index (χ4n) is 1.29. The summed E-state index contributed by atoms with van der Waals surface area (Å²) >= 11 is 1.60. The molecule has 3 heteroatoms. The molecule has 1 aromatic carbocycles. The number of nitriles is 1. The Kier molecular flexibility index (Phi) is 2.30. The first kappa shape index (κ1) is 8.92. The third-order valence-corrected chi connectivity index (χ3v) is 2.72. The van der Waals surface area contributed by atoms with E-state index in [1.165, 1.54) is 0 Å². The predicted octanol–water partition coefficient (Wildman–Crippen LogP) is 2.99. The van der Waals surface area contributed by atoms with Gasteiger partial charge in [-0.2, -0.15) is 5.26 Å². The molecule has 0 N–H and O–H groups in total. The Balaban J connectivity index is 2.57. The van der Waals surface area contributed by atoms with E-state index in [0.717, 1.165) is 16.3 Å². The van der Waals surface area contributed by atoms with Gasteiger partial charge < -0.3 is 0 Å². The maximum atomic E-state index is 8.91. The fourth-order valence-corrected chi connectivity index (χ4v) is 1.90. The molecule has 0 bridgehead atoms. The van der Waals surface area contributed by atoms with Gasteiger partial charge in [0, 0.05) is 10.9 Å². The van der Waals surface area contributed by atoms with Gasteiger partial charge in [-0.1, -0.05) is 18.2 Å². The van der Waals surface area contributed by atoms with Crippen LogP contribution in [0, 0.1) is 18.3 Å².